The van der Waals surface area contributed by atoms with Crippen LogP contribution >= 0.6 is 0 Å². The molecule has 0 aromatic rings. The molecule has 0 aliphatic carbocycles. The van der Waals surface area contributed by atoms with Gasteiger partial charge in [-0.15, -0.1) is 0 Å². The molecule has 8 heteroatoms. The first kappa shape index (κ1) is 11.4. The fourth-order valence-electron chi connectivity index (χ4n) is 0.322. The highest BCUT2D eigenvalue weighted by atomic mass is 32.3. The summed E-state index contributed by atoms with van der Waals surface area (Å²) in [4.78, 5) is 0. The van der Waals surface area contributed by atoms with E-state index in [1.165, 1.54) is 0 Å². The largest absolute Gasteiger partial charge is 0.390 e. The number of hydrogen-bond donors (Lipinski definition) is 1. The van der Waals surface area contributed by atoms with E-state index in [2.05, 4.69) is 10.8 Å². The lowest BCUT2D eigenvalue weighted by molar-refractivity contribution is 0.433. The minimum absolute atomic E-state index is 0.566. The van der Waals surface area contributed by atoms with E-state index in [-0.39, 0.29) is 0 Å². The molecule has 0 saturated heterocycles. The van der Waals surface area contributed by atoms with Gasteiger partial charge in [-0.1, -0.05) is 6.58 Å². The first-order valence-corrected chi connectivity index (χ1v) is 5.68. The van der Waals surface area contributed by atoms with E-state index in [0.717, 1.165) is 6.92 Å². The van der Waals surface area contributed by atoms with E-state index in [0.29, 0.717) is 6.26 Å². The molecule has 0 bridgehead atoms. The molecule has 0 aromatic carbocycles. The Morgan fingerprint density at radius 3 is 2.08 bits per heavy atom. The molecule has 1 unspecified atom stereocenters. The molecular formula is C4H8O6S2. The predicted octanol–water partition coefficient (Wildman–Crippen LogP) is -0.290. The van der Waals surface area contributed by atoms with Crippen molar-refractivity contribution in [2.24, 2.45) is 0 Å². The van der Waals surface area contributed by atoms with Crippen LogP contribution in [-0.2, 0) is 24.4 Å². The van der Waals surface area contributed by atoms with Gasteiger partial charge in [0.25, 0.3) is 10.1 Å². The zero-order valence-corrected chi connectivity index (χ0v) is 7.80. The lowest BCUT2D eigenvalue weighted by atomic mass is 11.0. The van der Waals surface area contributed by atoms with Gasteiger partial charge in [0.2, 0.25) is 4.58 Å². The van der Waals surface area contributed by atoms with Gasteiger partial charge >= 0.3 is 10.1 Å². The molecule has 0 saturated carbocycles. The monoisotopic (exact) mass is 216 g/mol. The lowest BCUT2D eigenvalue weighted by Gasteiger charge is -2.07. The summed E-state index contributed by atoms with van der Waals surface area (Å²) in [7, 11) is -8.97. The molecule has 0 spiro atoms. The number of hydrogen-bond acceptors (Lipinski definition) is 5. The zero-order valence-electron chi connectivity index (χ0n) is 6.17. The highest BCUT2D eigenvalue weighted by molar-refractivity contribution is 8.04. The fraction of sp³-hybridized carbons (Fsp3) is 0.500. The second-order valence-electron chi connectivity index (χ2n) is 1.84. The molecule has 0 amide bonds. The van der Waals surface area contributed by atoms with Crippen molar-refractivity contribution < 1.29 is 25.6 Å². The summed E-state index contributed by atoms with van der Waals surface area (Å²) in [6, 6.07) is 0. The van der Waals surface area contributed by atoms with Crippen LogP contribution in [0.3, 0.4) is 0 Å². The van der Waals surface area contributed by atoms with Gasteiger partial charge in [-0.3, -0.25) is 4.55 Å². The van der Waals surface area contributed by atoms with Crippen molar-refractivity contribution >= 4 is 20.2 Å². The Balaban J connectivity index is 4.96. The van der Waals surface area contributed by atoms with E-state index in [1.54, 1.807) is 0 Å². The van der Waals surface area contributed by atoms with Crippen molar-refractivity contribution in [1.29, 1.82) is 0 Å². The highest BCUT2D eigenvalue weighted by Crippen LogP contribution is 2.09. The third-order valence-electron chi connectivity index (χ3n) is 1.03. The molecular weight excluding hydrogens is 208 g/mol. The first-order valence-electron chi connectivity index (χ1n) is 2.71. The maximum Gasteiger partial charge on any atom is 0.328 e. The van der Waals surface area contributed by atoms with Gasteiger partial charge in [-0.05, 0) is 6.92 Å². The van der Waals surface area contributed by atoms with E-state index in [4.69, 9.17) is 4.55 Å². The molecule has 0 fully saturated rings. The average Bonchev–Trinajstić information content (AvgIpc) is 1.84. The summed E-state index contributed by atoms with van der Waals surface area (Å²) in [5, 5.41) is 0. The maximum atomic E-state index is 10.7. The van der Waals surface area contributed by atoms with E-state index in [1.807, 2.05) is 0 Å². The summed E-state index contributed by atoms with van der Waals surface area (Å²) >= 11 is 0. The molecule has 0 aliphatic heterocycles. The van der Waals surface area contributed by atoms with Crippen LogP contribution in [0.4, 0.5) is 0 Å². The Hall–Kier alpha value is -0.600. The van der Waals surface area contributed by atoms with Crippen LogP contribution in [0.15, 0.2) is 12.8 Å². The van der Waals surface area contributed by atoms with E-state index >= 15 is 0 Å². The maximum absolute atomic E-state index is 10.7. The van der Waals surface area contributed by atoms with Crippen molar-refractivity contribution in [1.82, 2.24) is 0 Å². The second-order valence-corrected chi connectivity index (χ2v) is 5.76. The molecule has 1 atom stereocenters. The Bertz CT molecular complexity index is 349. The van der Waals surface area contributed by atoms with Crippen LogP contribution in [0.25, 0.3) is 0 Å². The molecule has 0 heterocycles. The second kappa shape index (κ2) is 3.42. The Kier molecular flexibility index (Phi) is 3.25. The Morgan fingerprint density at radius 2 is 1.83 bits per heavy atom. The van der Waals surface area contributed by atoms with Crippen molar-refractivity contribution in [3.05, 3.63) is 12.8 Å². The van der Waals surface area contributed by atoms with Crippen LogP contribution in [-0.4, -0.2) is 26.0 Å². The van der Waals surface area contributed by atoms with Gasteiger partial charge in [0.1, 0.15) is 0 Å². The van der Waals surface area contributed by atoms with E-state index < -0.39 is 24.8 Å². The summed E-state index contributed by atoms with van der Waals surface area (Å²) in [5.41, 5.74) is 0. The molecule has 72 valence electrons. The smallest absolute Gasteiger partial charge is 0.328 e. The normalized spacial score (nSPS) is 15.2. The lowest BCUT2D eigenvalue weighted by Crippen LogP contribution is -2.27. The van der Waals surface area contributed by atoms with Crippen LogP contribution in [0.2, 0.25) is 0 Å². The SMILES string of the molecule is C=COS(=O)(=O)C(C)S(=O)(=O)O. The third-order valence-corrected chi connectivity index (χ3v) is 4.52. The van der Waals surface area contributed by atoms with Crippen molar-refractivity contribution in [3.63, 3.8) is 0 Å². The Labute approximate surface area is 70.7 Å². The highest BCUT2D eigenvalue weighted by Gasteiger charge is 2.32. The molecule has 0 aromatic heterocycles. The number of rotatable bonds is 4. The predicted molar refractivity (Wildman–Crippen MR) is 41.2 cm³/mol. The molecule has 1 N–H and O–H groups in total. The van der Waals surface area contributed by atoms with Crippen molar-refractivity contribution in [3.8, 4) is 0 Å². The van der Waals surface area contributed by atoms with Crippen LogP contribution < -0.4 is 0 Å². The van der Waals surface area contributed by atoms with Crippen LogP contribution in [0, 0.1) is 0 Å². The minimum atomic E-state index is -4.64. The van der Waals surface area contributed by atoms with Gasteiger partial charge in [0, 0.05) is 0 Å². The molecule has 6 nitrogen and oxygen atoms in total. The van der Waals surface area contributed by atoms with E-state index in [9.17, 15) is 16.8 Å². The van der Waals surface area contributed by atoms with Crippen molar-refractivity contribution in [2.75, 3.05) is 0 Å². The molecule has 0 rings (SSSR count). The Morgan fingerprint density at radius 1 is 1.42 bits per heavy atom. The summed E-state index contributed by atoms with van der Waals surface area (Å²) in [6.45, 7) is 3.72. The van der Waals surface area contributed by atoms with Gasteiger partial charge in [-0.25, -0.2) is 0 Å². The fourth-order valence-corrected chi connectivity index (χ4v) is 2.00. The summed E-state index contributed by atoms with van der Waals surface area (Å²) in [6.07, 6.45) is 0.566. The summed E-state index contributed by atoms with van der Waals surface area (Å²) in [5.74, 6) is 0. The molecule has 12 heavy (non-hydrogen) atoms. The van der Waals surface area contributed by atoms with Gasteiger partial charge < -0.3 is 4.18 Å². The topological polar surface area (TPSA) is 97.7 Å². The minimum Gasteiger partial charge on any atom is -0.390 e. The van der Waals surface area contributed by atoms with Crippen molar-refractivity contribution in [2.45, 2.75) is 11.5 Å². The van der Waals surface area contributed by atoms with Crippen LogP contribution in [0.5, 0.6) is 0 Å². The van der Waals surface area contributed by atoms with Crippen LogP contribution in [0.1, 0.15) is 6.92 Å². The first-order chi connectivity index (χ1) is 5.22. The molecule has 0 radical (unpaired) electrons. The molecule has 0 aliphatic rings. The van der Waals surface area contributed by atoms with Gasteiger partial charge in [-0.2, -0.15) is 16.8 Å². The zero-order chi connectivity index (χ0) is 9.99. The van der Waals surface area contributed by atoms with Gasteiger partial charge in [0.05, 0.1) is 6.26 Å². The quantitative estimate of drug-likeness (QED) is 0.394. The van der Waals surface area contributed by atoms with Gasteiger partial charge in [0.15, 0.2) is 0 Å². The average molecular weight is 216 g/mol. The standard InChI is InChI=1S/C4H8O6S2/c1-3-10-12(8,9)4(2)11(5,6)7/h3-4H,1H2,2H3,(H,5,6,7). The third kappa shape index (κ3) is 2.80. The summed E-state index contributed by atoms with van der Waals surface area (Å²) < 4.78 is 52.3.